The molecule has 0 aliphatic heterocycles. The Hall–Kier alpha value is -1.47. The zero-order valence-corrected chi connectivity index (χ0v) is 16.0. The number of nitrogens with one attached hydrogen (secondary N) is 1. The molecule has 23 heavy (non-hydrogen) atoms. The first-order chi connectivity index (χ1) is 11.1. The van der Waals surface area contributed by atoms with Gasteiger partial charge in [-0.25, -0.2) is 0 Å². The lowest BCUT2D eigenvalue weighted by Crippen LogP contribution is -2.19. The van der Waals surface area contributed by atoms with Crippen LogP contribution in [0.1, 0.15) is 24.1 Å². The van der Waals surface area contributed by atoms with Gasteiger partial charge in [0.15, 0.2) is 0 Å². The zero-order valence-electron chi connectivity index (χ0n) is 13.9. The van der Waals surface area contributed by atoms with Crippen LogP contribution in [0.15, 0.2) is 36.4 Å². The summed E-state index contributed by atoms with van der Waals surface area (Å²) in [5.41, 5.74) is 2.19. The third-order valence-corrected chi connectivity index (χ3v) is 4.60. The lowest BCUT2D eigenvalue weighted by atomic mass is 10.1. The van der Waals surface area contributed by atoms with E-state index in [0.717, 1.165) is 31.9 Å². The summed E-state index contributed by atoms with van der Waals surface area (Å²) in [5, 5.41) is 3.52. The lowest BCUT2D eigenvalue weighted by Gasteiger charge is -2.19. The van der Waals surface area contributed by atoms with Gasteiger partial charge in [-0.05, 0) is 47.7 Å². The highest BCUT2D eigenvalue weighted by atomic mass is 127. The van der Waals surface area contributed by atoms with Crippen LogP contribution in [0.3, 0.4) is 0 Å². The Bertz CT molecular complexity index is 661. The van der Waals surface area contributed by atoms with Gasteiger partial charge in [0.05, 0.1) is 24.9 Å². The van der Waals surface area contributed by atoms with Crippen molar-refractivity contribution in [2.45, 2.75) is 19.5 Å². The molecule has 0 amide bonds. The maximum absolute atomic E-state index is 5.52. The number of hydrogen-bond donors (Lipinski definition) is 1. The highest BCUT2D eigenvalue weighted by Gasteiger charge is 2.15. The van der Waals surface area contributed by atoms with Gasteiger partial charge in [0.25, 0.3) is 0 Å². The van der Waals surface area contributed by atoms with E-state index in [0.29, 0.717) is 6.54 Å². The number of halogens is 1. The Labute approximate surface area is 151 Å². The number of benzene rings is 2. The number of rotatable bonds is 7. The maximum Gasteiger partial charge on any atom is 0.132 e. The second-order valence-corrected chi connectivity index (χ2v) is 6.31. The fraction of sp³-hybridized carbons (Fsp3) is 0.333. The molecule has 0 heterocycles. The summed E-state index contributed by atoms with van der Waals surface area (Å²) >= 11 is 2.25. The van der Waals surface area contributed by atoms with E-state index in [1.54, 1.807) is 21.3 Å². The van der Waals surface area contributed by atoms with Gasteiger partial charge in [-0.1, -0.05) is 18.2 Å². The molecule has 2 rings (SSSR count). The first-order valence-electron chi connectivity index (χ1n) is 7.37. The first-order valence-corrected chi connectivity index (χ1v) is 8.45. The van der Waals surface area contributed by atoms with Gasteiger partial charge in [-0.2, -0.15) is 0 Å². The monoisotopic (exact) mass is 427 g/mol. The van der Waals surface area contributed by atoms with Crippen LogP contribution in [-0.2, 0) is 6.54 Å². The third-order valence-electron chi connectivity index (χ3n) is 3.76. The minimum atomic E-state index is 0.112. The van der Waals surface area contributed by atoms with Crippen molar-refractivity contribution in [3.8, 4) is 17.2 Å². The van der Waals surface area contributed by atoms with Crippen LogP contribution in [0.4, 0.5) is 0 Å². The average Bonchev–Trinajstić information content (AvgIpc) is 2.59. The summed E-state index contributed by atoms with van der Waals surface area (Å²) in [6.07, 6.45) is 0. The molecule has 5 heteroatoms. The normalized spacial score (nSPS) is 11.9. The fourth-order valence-corrected chi connectivity index (χ4v) is 3.10. The highest BCUT2D eigenvalue weighted by molar-refractivity contribution is 14.1. The molecule has 124 valence electrons. The van der Waals surface area contributed by atoms with E-state index in [1.807, 2.05) is 30.3 Å². The summed E-state index contributed by atoms with van der Waals surface area (Å²) in [5.74, 6) is 2.60. The van der Waals surface area contributed by atoms with Crippen molar-refractivity contribution >= 4 is 22.6 Å². The van der Waals surface area contributed by atoms with Crippen LogP contribution in [0.2, 0.25) is 0 Å². The van der Waals surface area contributed by atoms with E-state index in [-0.39, 0.29) is 6.04 Å². The smallest absolute Gasteiger partial charge is 0.132 e. The van der Waals surface area contributed by atoms with Gasteiger partial charge in [0.1, 0.15) is 17.2 Å². The second-order valence-electron chi connectivity index (χ2n) is 5.14. The summed E-state index contributed by atoms with van der Waals surface area (Å²) in [7, 11) is 5.06. The highest BCUT2D eigenvalue weighted by Crippen LogP contribution is 2.33. The minimum Gasteiger partial charge on any atom is -0.496 e. The van der Waals surface area contributed by atoms with Crippen LogP contribution < -0.4 is 19.5 Å². The van der Waals surface area contributed by atoms with Crippen molar-refractivity contribution in [3.63, 3.8) is 0 Å². The number of para-hydroxylation sites is 1. The van der Waals surface area contributed by atoms with Crippen molar-refractivity contribution in [1.29, 1.82) is 0 Å². The molecule has 0 spiro atoms. The van der Waals surface area contributed by atoms with Crippen molar-refractivity contribution < 1.29 is 14.2 Å². The van der Waals surface area contributed by atoms with Crippen LogP contribution in [0.5, 0.6) is 17.2 Å². The van der Waals surface area contributed by atoms with Gasteiger partial charge in [0.2, 0.25) is 0 Å². The SMILES string of the molecule is COc1cc(C(C)NCc2ccccc2OC)c(OC)cc1I. The van der Waals surface area contributed by atoms with Gasteiger partial charge in [-0.3, -0.25) is 0 Å². The van der Waals surface area contributed by atoms with E-state index in [9.17, 15) is 0 Å². The molecule has 2 aromatic rings. The molecule has 0 bridgehead atoms. The largest absolute Gasteiger partial charge is 0.496 e. The van der Waals surface area contributed by atoms with Crippen LogP contribution in [0.25, 0.3) is 0 Å². The topological polar surface area (TPSA) is 39.7 Å². The molecule has 4 nitrogen and oxygen atoms in total. The molecule has 0 aliphatic rings. The summed E-state index contributed by atoms with van der Waals surface area (Å²) < 4.78 is 17.4. The van der Waals surface area contributed by atoms with Crippen molar-refractivity contribution in [3.05, 3.63) is 51.1 Å². The van der Waals surface area contributed by atoms with Crippen molar-refractivity contribution in [2.75, 3.05) is 21.3 Å². The predicted octanol–water partition coefficient (Wildman–Crippen LogP) is 4.17. The Balaban J connectivity index is 2.18. The molecule has 0 saturated carbocycles. The molecule has 0 aromatic heterocycles. The summed E-state index contributed by atoms with van der Waals surface area (Å²) in [6, 6.07) is 12.1. The van der Waals surface area contributed by atoms with Crippen molar-refractivity contribution in [1.82, 2.24) is 5.32 Å². The van der Waals surface area contributed by atoms with Crippen LogP contribution in [-0.4, -0.2) is 21.3 Å². The number of hydrogen-bond acceptors (Lipinski definition) is 4. The van der Waals surface area contributed by atoms with Gasteiger partial charge in [0, 0.05) is 23.7 Å². The van der Waals surface area contributed by atoms with E-state index < -0.39 is 0 Å². The standard InChI is InChI=1S/C18H22INO3/c1-12(20-11-13-7-5-6-8-16(13)21-2)14-9-18(23-4)15(19)10-17(14)22-3/h5-10,12,20H,11H2,1-4H3. The molecule has 0 radical (unpaired) electrons. The Kier molecular flexibility index (Phi) is 6.53. The number of methoxy groups -OCH3 is 3. The quantitative estimate of drug-likeness (QED) is 0.674. The molecular weight excluding hydrogens is 405 g/mol. The van der Waals surface area contributed by atoms with E-state index in [1.165, 1.54) is 0 Å². The lowest BCUT2D eigenvalue weighted by molar-refractivity contribution is 0.387. The molecule has 1 unspecified atom stereocenters. The third kappa shape index (κ3) is 4.29. The van der Waals surface area contributed by atoms with Crippen LogP contribution >= 0.6 is 22.6 Å². The Morgan fingerprint density at radius 3 is 2.26 bits per heavy atom. The van der Waals surface area contributed by atoms with Gasteiger partial charge in [-0.15, -0.1) is 0 Å². The summed E-state index contributed by atoms with van der Waals surface area (Å²) in [6.45, 7) is 2.82. The van der Waals surface area contributed by atoms with Crippen LogP contribution in [0, 0.1) is 3.57 Å². The van der Waals surface area contributed by atoms with E-state index in [2.05, 4.69) is 40.9 Å². The minimum absolute atomic E-state index is 0.112. The van der Waals surface area contributed by atoms with Gasteiger partial charge < -0.3 is 19.5 Å². The zero-order chi connectivity index (χ0) is 16.8. The van der Waals surface area contributed by atoms with E-state index in [4.69, 9.17) is 14.2 Å². The molecule has 0 fully saturated rings. The molecule has 1 N–H and O–H groups in total. The van der Waals surface area contributed by atoms with Gasteiger partial charge >= 0.3 is 0 Å². The molecule has 1 atom stereocenters. The maximum atomic E-state index is 5.52. The Morgan fingerprint density at radius 2 is 1.61 bits per heavy atom. The predicted molar refractivity (Wildman–Crippen MR) is 101 cm³/mol. The first kappa shape index (κ1) is 17.9. The van der Waals surface area contributed by atoms with E-state index >= 15 is 0 Å². The molecule has 0 aliphatic carbocycles. The second kappa shape index (κ2) is 8.40. The average molecular weight is 427 g/mol. The molecule has 0 saturated heterocycles. The number of ether oxygens (including phenoxy) is 3. The fourth-order valence-electron chi connectivity index (χ4n) is 2.44. The molecule has 2 aromatic carbocycles. The van der Waals surface area contributed by atoms with Crippen molar-refractivity contribution in [2.24, 2.45) is 0 Å². The molecular formula is C18H22INO3. The Morgan fingerprint density at radius 1 is 0.957 bits per heavy atom. The summed E-state index contributed by atoms with van der Waals surface area (Å²) in [4.78, 5) is 0.